The Kier molecular flexibility index (Phi) is 6.28. The van der Waals surface area contributed by atoms with Crippen molar-refractivity contribution in [3.05, 3.63) is 0 Å². The minimum absolute atomic E-state index is 0.267. The Hall–Kier alpha value is -0.160. The lowest BCUT2D eigenvalue weighted by atomic mass is 9.89. The van der Waals surface area contributed by atoms with Gasteiger partial charge in [0.25, 0.3) is 0 Å². The van der Waals surface area contributed by atoms with Crippen molar-refractivity contribution in [1.29, 1.82) is 0 Å². The number of aliphatic hydroxyl groups is 1. The minimum atomic E-state index is -0.401. The molecule has 0 aromatic heterocycles. The van der Waals surface area contributed by atoms with Gasteiger partial charge in [-0.2, -0.15) is 0 Å². The Bertz CT molecular complexity index is 183. The van der Waals surface area contributed by atoms with Gasteiger partial charge in [-0.3, -0.25) is 0 Å². The molecule has 1 unspecified atom stereocenters. The summed E-state index contributed by atoms with van der Waals surface area (Å²) >= 11 is 0. The predicted molar refractivity (Wildman–Crippen MR) is 63.5 cm³/mol. The standard InChI is InChI=1S/C12H25NO3/c1-3-4-5-15-7-11(14)6-13-8-12(2)9-16-10-12/h11,13-14H,3-10H2,1-2H3. The van der Waals surface area contributed by atoms with E-state index in [1.54, 1.807) is 0 Å². The molecule has 0 aromatic rings. The van der Waals surface area contributed by atoms with Gasteiger partial charge in [-0.05, 0) is 6.42 Å². The zero-order valence-electron chi connectivity index (χ0n) is 10.5. The van der Waals surface area contributed by atoms with Gasteiger partial charge in [0, 0.05) is 25.1 Å². The molecule has 96 valence electrons. The second-order valence-corrected chi connectivity index (χ2v) is 5.02. The first kappa shape index (κ1) is 13.9. The molecule has 0 aromatic carbocycles. The summed E-state index contributed by atoms with van der Waals surface area (Å²) < 4.78 is 10.5. The van der Waals surface area contributed by atoms with Gasteiger partial charge in [0.2, 0.25) is 0 Å². The molecule has 16 heavy (non-hydrogen) atoms. The monoisotopic (exact) mass is 231 g/mol. The van der Waals surface area contributed by atoms with Crippen LogP contribution in [-0.4, -0.2) is 50.7 Å². The van der Waals surface area contributed by atoms with Gasteiger partial charge in [-0.1, -0.05) is 20.3 Å². The Balaban J connectivity index is 1.91. The van der Waals surface area contributed by atoms with Crippen LogP contribution in [0.2, 0.25) is 0 Å². The highest BCUT2D eigenvalue weighted by Crippen LogP contribution is 2.24. The smallest absolute Gasteiger partial charge is 0.0897 e. The summed E-state index contributed by atoms with van der Waals surface area (Å²) in [5.74, 6) is 0. The van der Waals surface area contributed by atoms with Crippen molar-refractivity contribution in [3.8, 4) is 0 Å². The van der Waals surface area contributed by atoms with Crippen molar-refractivity contribution in [2.75, 3.05) is 39.5 Å². The fraction of sp³-hybridized carbons (Fsp3) is 1.00. The highest BCUT2D eigenvalue weighted by Gasteiger charge is 2.32. The molecule has 1 atom stereocenters. The summed E-state index contributed by atoms with van der Waals surface area (Å²) in [4.78, 5) is 0. The maximum absolute atomic E-state index is 9.62. The van der Waals surface area contributed by atoms with E-state index in [1.165, 1.54) is 0 Å². The zero-order chi connectivity index (χ0) is 11.9. The molecule has 1 heterocycles. The fourth-order valence-electron chi connectivity index (χ4n) is 1.62. The molecule has 4 nitrogen and oxygen atoms in total. The Morgan fingerprint density at radius 1 is 1.50 bits per heavy atom. The van der Waals surface area contributed by atoms with Gasteiger partial charge in [-0.15, -0.1) is 0 Å². The van der Waals surface area contributed by atoms with Crippen LogP contribution >= 0.6 is 0 Å². The van der Waals surface area contributed by atoms with Crippen LogP contribution < -0.4 is 5.32 Å². The molecular weight excluding hydrogens is 206 g/mol. The van der Waals surface area contributed by atoms with Crippen LogP contribution in [0.3, 0.4) is 0 Å². The lowest BCUT2D eigenvalue weighted by Crippen LogP contribution is -2.48. The third kappa shape index (κ3) is 5.25. The van der Waals surface area contributed by atoms with E-state index < -0.39 is 6.10 Å². The molecular formula is C12H25NO3. The minimum Gasteiger partial charge on any atom is -0.389 e. The van der Waals surface area contributed by atoms with E-state index in [-0.39, 0.29) is 5.41 Å². The second kappa shape index (κ2) is 7.22. The summed E-state index contributed by atoms with van der Waals surface area (Å²) in [5, 5.41) is 12.9. The van der Waals surface area contributed by atoms with Gasteiger partial charge in [0.05, 0.1) is 25.9 Å². The van der Waals surface area contributed by atoms with Gasteiger partial charge in [-0.25, -0.2) is 0 Å². The molecule has 1 aliphatic rings. The number of rotatable bonds is 9. The van der Waals surface area contributed by atoms with E-state index in [0.29, 0.717) is 13.2 Å². The van der Waals surface area contributed by atoms with E-state index in [4.69, 9.17) is 9.47 Å². The van der Waals surface area contributed by atoms with Crippen molar-refractivity contribution in [2.24, 2.45) is 5.41 Å². The molecule has 4 heteroatoms. The quantitative estimate of drug-likeness (QED) is 0.576. The molecule has 0 amide bonds. The molecule has 0 radical (unpaired) electrons. The summed E-state index contributed by atoms with van der Waals surface area (Å²) in [5.41, 5.74) is 0.267. The van der Waals surface area contributed by atoms with Crippen molar-refractivity contribution < 1.29 is 14.6 Å². The van der Waals surface area contributed by atoms with E-state index in [1.807, 2.05) is 0 Å². The highest BCUT2D eigenvalue weighted by atomic mass is 16.5. The zero-order valence-corrected chi connectivity index (χ0v) is 10.5. The molecule has 0 saturated carbocycles. The first-order chi connectivity index (χ1) is 7.66. The van der Waals surface area contributed by atoms with Crippen LogP contribution in [0.5, 0.6) is 0 Å². The SMILES string of the molecule is CCCCOCC(O)CNCC1(C)COC1. The van der Waals surface area contributed by atoms with E-state index in [9.17, 15) is 5.11 Å². The van der Waals surface area contributed by atoms with Crippen LogP contribution in [0.1, 0.15) is 26.7 Å². The average molecular weight is 231 g/mol. The Morgan fingerprint density at radius 3 is 2.81 bits per heavy atom. The predicted octanol–water partition coefficient (Wildman–Crippen LogP) is 0.790. The Morgan fingerprint density at radius 2 is 2.25 bits per heavy atom. The van der Waals surface area contributed by atoms with Crippen molar-refractivity contribution >= 4 is 0 Å². The van der Waals surface area contributed by atoms with Gasteiger partial charge in [0.15, 0.2) is 0 Å². The van der Waals surface area contributed by atoms with Crippen molar-refractivity contribution in [2.45, 2.75) is 32.8 Å². The maximum atomic E-state index is 9.62. The van der Waals surface area contributed by atoms with Crippen LogP contribution in [0, 0.1) is 5.41 Å². The molecule has 1 aliphatic heterocycles. The van der Waals surface area contributed by atoms with Gasteiger partial charge in [0.1, 0.15) is 0 Å². The van der Waals surface area contributed by atoms with E-state index >= 15 is 0 Å². The highest BCUT2D eigenvalue weighted by molar-refractivity contribution is 4.83. The van der Waals surface area contributed by atoms with E-state index in [0.717, 1.165) is 39.2 Å². The summed E-state index contributed by atoms with van der Waals surface area (Å²) in [6.07, 6.45) is 1.80. The largest absolute Gasteiger partial charge is 0.389 e. The molecule has 0 bridgehead atoms. The first-order valence-electron chi connectivity index (χ1n) is 6.20. The molecule has 2 N–H and O–H groups in total. The number of unbranched alkanes of at least 4 members (excludes halogenated alkanes) is 1. The summed E-state index contributed by atoms with van der Waals surface area (Å²) in [6, 6.07) is 0. The first-order valence-corrected chi connectivity index (χ1v) is 6.20. The molecule has 0 spiro atoms. The number of aliphatic hydroxyl groups excluding tert-OH is 1. The van der Waals surface area contributed by atoms with Gasteiger partial charge < -0.3 is 19.9 Å². The fourth-order valence-corrected chi connectivity index (χ4v) is 1.62. The normalized spacial score (nSPS) is 20.4. The summed E-state index contributed by atoms with van der Waals surface area (Å²) in [6.45, 7) is 8.64. The third-order valence-electron chi connectivity index (χ3n) is 2.79. The molecule has 1 rings (SSSR count). The Labute approximate surface area is 98.3 Å². The van der Waals surface area contributed by atoms with Crippen LogP contribution in [0.25, 0.3) is 0 Å². The maximum Gasteiger partial charge on any atom is 0.0897 e. The lowest BCUT2D eigenvalue weighted by Gasteiger charge is -2.38. The lowest BCUT2D eigenvalue weighted by molar-refractivity contribution is -0.1000. The van der Waals surface area contributed by atoms with Gasteiger partial charge >= 0.3 is 0 Å². The van der Waals surface area contributed by atoms with E-state index in [2.05, 4.69) is 19.2 Å². The third-order valence-corrected chi connectivity index (χ3v) is 2.79. The number of ether oxygens (including phenoxy) is 2. The number of hydrogen-bond donors (Lipinski definition) is 2. The van der Waals surface area contributed by atoms with Crippen LogP contribution in [0.4, 0.5) is 0 Å². The van der Waals surface area contributed by atoms with Crippen LogP contribution in [0.15, 0.2) is 0 Å². The van der Waals surface area contributed by atoms with Crippen molar-refractivity contribution in [1.82, 2.24) is 5.32 Å². The molecule has 0 aliphatic carbocycles. The van der Waals surface area contributed by atoms with Crippen molar-refractivity contribution in [3.63, 3.8) is 0 Å². The number of nitrogens with one attached hydrogen (secondary N) is 1. The summed E-state index contributed by atoms with van der Waals surface area (Å²) in [7, 11) is 0. The molecule has 1 saturated heterocycles. The van der Waals surface area contributed by atoms with Crippen LogP contribution in [-0.2, 0) is 9.47 Å². The second-order valence-electron chi connectivity index (χ2n) is 5.02. The average Bonchev–Trinajstić information content (AvgIpc) is 2.22. The topological polar surface area (TPSA) is 50.7 Å². The molecule has 1 fully saturated rings. The number of hydrogen-bond acceptors (Lipinski definition) is 4.